The summed E-state index contributed by atoms with van der Waals surface area (Å²) < 4.78 is 10.4. The van der Waals surface area contributed by atoms with Gasteiger partial charge in [-0.15, -0.1) is 0 Å². The summed E-state index contributed by atoms with van der Waals surface area (Å²) in [6.45, 7) is 2.84. The Labute approximate surface area is 152 Å². The van der Waals surface area contributed by atoms with Gasteiger partial charge in [0, 0.05) is 32.0 Å². The predicted octanol–water partition coefficient (Wildman–Crippen LogP) is 1.18. The maximum atomic E-state index is 11.7. The molecule has 2 aromatic rings. The smallest absolute Gasteiger partial charge is 0.225 e. The van der Waals surface area contributed by atoms with Crippen LogP contribution in [0, 0.1) is 0 Å². The number of nitrogens with one attached hydrogen (secondary N) is 1. The van der Waals surface area contributed by atoms with Crippen molar-refractivity contribution in [3.8, 4) is 11.6 Å². The SMILES string of the molecule is COc1ccc([C@@H]2CN(c3cc(OC)nc(N)n3)C[C@H]2NC(C)=O)cc1. The highest BCUT2D eigenvalue weighted by atomic mass is 16.5. The Morgan fingerprint density at radius 3 is 2.54 bits per heavy atom. The summed E-state index contributed by atoms with van der Waals surface area (Å²) in [7, 11) is 3.18. The van der Waals surface area contributed by atoms with Gasteiger partial charge in [-0.25, -0.2) is 0 Å². The lowest BCUT2D eigenvalue weighted by Crippen LogP contribution is -2.38. The van der Waals surface area contributed by atoms with E-state index in [9.17, 15) is 4.79 Å². The van der Waals surface area contributed by atoms with E-state index in [1.165, 1.54) is 14.0 Å². The van der Waals surface area contributed by atoms with Crippen molar-refractivity contribution in [2.75, 3.05) is 37.9 Å². The number of nitrogen functional groups attached to an aromatic ring is 1. The molecule has 0 saturated carbocycles. The molecule has 26 heavy (non-hydrogen) atoms. The molecule has 0 radical (unpaired) electrons. The van der Waals surface area contributed by atoms with Crippen molar-refractivity contribution in [3.05, 3.63) is 35.9 Å². The van der Waals surface area contributed by atoms with Crippen LogP contribution < -0.4 is 25.4 Å². The Morgan fingerprint density at radius 1 is 1.19 bits per heavy atom. The molecule has 1 aromatic heterocycles. The van der Waals surface area contributed by atoms with Crippen LogP contribution in [-0.2, 0) is 4.79 Å². The van der Waals surface area contributed by atoms with Gasteiger partial charge < -0.3 is 25.4 Å². The summed E-state index contributed by atoms with van der Waals surface area (Å²) in [5.74, 6) is 2.11. The lowest BCUT2D eigenvalue weighted by atomic mass is 9.94. The number of aromatic nitrogens is 2. The third-order valence-corrected chi connectivity index (χ3v) is 4.49. The maximum absolute atomic E-state index is 11.7. The monoisotopic (exact) mass is 357 g/mol. The molecule has 0 aliphatic carbocycles. The number of hydrogen-bond acceptors (Lipinski definition) is 7. The number of amides is 1. The van der Waals surface area contributed by atoms with Gasteiger partial charge in [0.05, 0.1) is 20.3 Å². The fourth-order valence-corrected chi connectivity index (χ4v) is 3.28. The molecule has 1 aliphatic heterocycles. The predicted molar refractivity (Wildman–Crippen MR) is 98.5 cm³/mol. The van der Waals surface area contributed by atoms with Crippen LogP contribution in [0.4, 0.5) is 11.8 Å². The fraction of sp³-hybridized carbons (Fsp3) is 0.389. The Balaban J connectivity index is 1.88. The summed E-state index contributed by atoms with van der Waals surface area (Å²) in [5, 5.41) is 3.04. The Morgan fingerprint density at radius 2 is 1.92 bits per heavy atom. The molecule has 0 unspecified atom stereocenters. The average molecular weight is 357 g/mol. The molecular formula is C18H23N5O3. The molecule has 0 bridgehead atoms. The maximum Gasteiger partial charge on any atom is 0.225 e. The summed E-state index contributed by atoms with van der Waals surface area (Å²) in [6, 6.07) is 9.61. The fourth-order valence-electron chi connectivity index (χ4n) is 3.28. The molecule has 138 valence electrons. The lowest BCUT2D eigenvalue weighted by Gasteiger charge is -2.19. The molecule has 1 aromatic carbocycles. The van der Waals surface area contributed by atoms with E-state index < -0.39 is 0 Å². The highest BCUT2D eigenvalue weighted by molar-refractivity contribution is 5.73. The van der Waals surface area contributed by atoms with Crippen LogP contribution in [0.2, 0.25) is 0 Å². The first-order valence-electron chi connectivity index (χ1n) is 8.34. The van der Waals surface area contributed by atoms with Gasteiger partial charge in [-0.1, -0.05) is 12.1 Å². The van der Waals surface area contributed by atoms with E-state index in [4.69, 9.17) is 15.2 Å². The van der Waals surface area contributed by atoms with Gasteiger partial charge in [-0.05, 0) is 17.7 Å². The van der Waals surface area contributed by atoms with E-state index in [0.29, 0.717) is 24.8 Å². The van der Waals surface area contributed by atoms with Crippen LogP contribution in [0.1, 0.15) is 18.4 Å². The van der Waals surface area contributed by atoms with Gasteiger partial charge in [-0.2, -0.15) is 9.97 Å². The van der Waals surface area contributed by atoms with Crippen molar-refractivity contribution >= 4 is 17.7 Å². The van der Waals surface area contributed by atoms with E-state index in [2.05, 4.69) is 20.2 Å². The van der Waals surface area contributed by atoms with Gasteiger partial charge in [0.15, 0.2) is 0 Å². The molecule has 3 N–H and O–H groups in total. The summed E-state index contributed by atoms with van der Waals surface area (Å²) >= 11 is 0. The molecule has 1 saturated heterocycles. The zero-order valence-corrected chi connectivity index (χ0v) is 15.1. The van der Waals surface area contributed by atoms with E-state index in [1.54, 1.807) is 13.2 Å². The van der Waals surface area contributed by atoms with E-state index in [0.717, 1.165) is 11.3 Å². The largest absolute Gasteiger partial charge is 0.497 e. The number of carbonyl (C=O) groups excluding carboxylic acids is 1. The molecule has 2 heterocycles. The van der Waals surface area contributed by atoms with Crippen LogP contribution in [0.15, 0.2) is 30.3 Å². The molecular weight excluding hydrogens is 334 g/mol. The highest BCUT2D eigenvalue weighted by Gasteiger charge is 2.35. The van der Waals surface area contributed by atoms with Crippen molar-refractivity contribution in [3.63, 3.8) is 0 Å². The number of anilines is 2. The zero-order chi connectivity index (χ0) is 18.7. The third-order valence-electron chi connectivity index (χ3n) is 4.49. The molecule has 3 rings (SSSR count). The number of rotatable bonds is 5. The minimum atomic E-state index is -0.0601. The van der Waals surface area contributed by atoms with Crippen LogP contribution in [0.3, 0.4) is 0 Å². The van der Waals surface area contributed by atoms with Crippen LogP contribution >= 0.6 is 0 Å². The van der Waals surface area contributed by atoms with Crippen molar-refractivity contribution in [1.82, 2.24) is 15.3 Å². The Kier molecular flexibility index (Phi) is 5.11. The minimum Gasteiger partial charge on any atom is -0.497 e. The molecule has 8 nitrogen and oxygen atoms in total. The highest BCUT2D eigenvalue weighted by Crippen LogP contribution is 2.32. The lowest BCUT2D eigenvalue weighted by molar-refractivity contribution is -0.119. The van der Waals surface area contributed by atoms with E-state index >= 15 is 0 Å². The summed E-state index contributed by atoms with van der Waals surface area (Å²) in [4.78, 5) is 22.1. The molecule has 0 spiro atoms. The second-order valence-corrected chi connectivity index (χ2v) is 6.22. The van der Waals surface area contributed by atoms with Crippen LogP contribution in [0.25, 0.3) is 0 Å². The number of hydrogen-bond donors (Lipinski definition) is 2. The number of nitrogens with two attached hydrogens (primary N) is 1. The Hall–Kier alpha value is -3.03. The standard InChI is InChI=1S/C18H23N5O3/c1-11(24)20-15-10-23(16-8-17(26-3)22-18(19)21-16)9-14(15)12-4-6-13(25-2)7-5-12/h4-8,14-15H,9-10H2,1-3H3,(H,20,24)(H2,19,21,22)/t14-,15+/m0/s1. The second-order valence-electron chi connectivity index (χ2n) is 6.22. The van der Waals surface area contributed by atoms with Gasteiger partial charge >= 0.3 is 0 Å². The third kappa shape index (κ3) is 3.79. The molecule has 2 atom stereocenters. The first-order valence-corrected chi connectivity index (χ1v) is 8.34. The number of carbonyl (C=O) groups is 1. The average Bonchev–Trinajstić information content (AvgIpc) is 3.04. The van der Waals surface area contributed by atoms with Gasteiger partial charge in [0.1, 0.15) is 11.6 Å². The molecule has 1 aliphatic rings. The topological polar surface area (TPSA) is 103 Å². The van der Waals surface area contributed by atoms with Crippen LogP contribution in [0.5, 0.6) is 11.6 Å². The van der Waals surface area contributed by atoms with Crippen molar-refractivity contribution in [2.45, 2.75) is 18.9 Å². The normalized spacial score (nSPS) is 19.3. The van der Waals surface area contributed by atoms with Crippen molar-refractivity contribution < 1.29 is 14.3 Å². The zero-order valence-electron chi connectivity index (χ0n) is 15.1. The van der Waals surface area contributed by atoms with Gasteiger partial charge in [0.25, 0.3) is 0 Å². The first-order chi connectivity index (χ1) is 12.5. The van der Waals surface area contributed by atoms with E-state index in [1.807, 2.05) is 24.3 Å². The number of benzene rings is 1. The quantitative estimate of drug-likeness (QED) is 0.828. The summed E-state index contributed by atoms with van der Waals surface area (Å²) in [6.07, 6.45) is 0. The number of nitrogens with zero attached hydrogens (tertiary/aromatic N) is 3. The van der Waals surface area contributed by atoms with Gasteiger partial charge in [0.2, 0.25) is 17.7 Å². The van der Waals surface area contributed by atoms with Crippen molar-refractivity contribution in [1.29, 1.82) is 0 Å². The summed E-state index contributed by atoms with van der Waals surface area (Å²) in [5.41, 5.74) is 6.91. The van der Waals surface area contributed by atoms with Crippen LogP contribution in [-0.4, -0.2) is 49.2 Å². The minimum absolute atomic E-state index is 0.0388. The molecule has 1 amide bonds. The Bertz CT molecular complexity index is 781. The van der Waals surface area contributed by atoms with Gasteiger partial charge in [-0.3, -0.25) is 4.79 Å². The second kappa shape index (κ2) is 7.47. The first kappa shape index (κ1) is 17.8. The molecule has 8 heteroatoms. The molecule has 1 fully saturated rings. The number of methoxy groups -OCH3 is 2. The number of ether oxygens (including phenoxy) is 2. The van der Waals surface area contributed by atoms with Crippen molar-refractivity contribution in [2.24, 2.45) is 0 Å². The van der Waals surface area contributed by atoms with E-state index in [-0.39, 0.29) is 23.8 Å².